The van der Waals surface area contributed by atoms with Gasteiger partial charge in [0.25, 0.3) is 0 Å². The molecule has 0 saturated carbocycles. The van der Waals surface area contributed by atoms with Crippen LogP contribution in [0.2, 0.25) is 0 Å². The Hall–Kier alpha value is -2.81. The van der Waals surface area contributed by atoms with Crippen molar-refractivity contribution in [1.29, 1.82) is 0 Å². The summed E-state index contributed by atoms with van der Waals surface area (Å²) in [5.74, 6) is 0.826. The van der Waals surface area contributed by atoms with Crippen molar-refractivity contribution < 1.29 is 23.0 Å². The number of alkyl halides is 3. The number of fused-ring (bicyclic) bond motifs is 1. The van der Waals surface area contributed by atoms with Crippen LogP contribution in [-0.2, 0) is 13.2 Å². The molecule has 0 spiro atoms. The maximum Gasteiger partial charge on any atom is 0.416 e. The molecule has 3 rings (SSSR count). The van der Waals surface area contributed by atoms with Crippen molar-refractivity contribution in [2.75, 3.05) is 18.5 Å². The smallest absolute Gasteiger partial charge is 0.416 e. The minimum Gasteiger partial charge on any atom is -0.491 e. The molecule has 9 heteroatoms. The van der Waals surface area contributed by atoms with E-state index in [0.29, 0.717) is 5.95 Å². The third-order valence-electron chi connectivity index (χ3n) is 3.80. The lowest BCUT2D eigenvalue weighted by atomic mass is 10.2. The van der Waals surface area contributed by atoms with E-state index in [1.165, 1.54) is 12.1 Å². The average Bonchev–Trinajstić information content (AvgIpc) is 2.94. The lowest BCUT2D eigenvalue weighted by Gasteiger charge is -2.14. The molecule has 0 saturated heterocycles. The first-order valence-electron chi connectivity index (χ1n) is 7.83. The summed E-state index contributed by atoms with van der Waals surface area (Å²) in [6.07, 6.45) is -1.94. The van der Waals surface area contributed by atoms with Gasteiger partial charge < -0.3 is 19.7 Å². The number of nitrogens with one attached hydrogen (secondary N) is 1. The summed E-state index contributed by atoms with van der Waals surface area (Å²) in [5, 5.41) is 13.0. The minimum absolute atomic E-state index is 0.0656. The van der Waals surface area contributed by atoms with Crippen LogP contribution < -0.4 is 10.1 Å². The molecular formula is C17H17F3N4O2. The van der Waals surface area contributed by atoms with Crippen LogP contribution in [0.15, 0.2) is 42.7 Å². The van der Waals surface area contributed by atoms with Gasteiger partial charge in [-0.25, -0.2) is 4.98 Å². The molecule has 0 amide bonds. The van der Waals surface area contributed by atoms with Gasteiger partial charge in [-0.2, -0.15) is 13.2 Å². The number of hydrogen-bond acceptors (Lipinski definition) is 5. The number of anilines is 1. The molecule has 0 aliphatic rings. The Morgan fingerprint density at radius 3 is 2.62 bits per heavy atom. The van der Waals surface area contributed by atoms with Gasteiger partial charge >= 0.3 is 6.18 Å². The fourth-order valence-electron chi connectivity index (χ4n) is 2.41. The van der Waals surface area contributed by atoms with Crippen molar-refractivity contribution in [1.82, 2.24) is 14.5 Å². The molecule has 3 aromatic rings. The van der Waals surface area contributed by atoms with Gasteiger partial charge in [0.15, 0.2) is 0 Å². The van der Waals surface area contributed by atoms with Crippen LogP contribution in [0.5, 0.6) is 5.75 Å². The number of ether oxygens (including phenoxy) is 1. The van der Waals surface area contributed by atoms with Gasteiger partial charge in [0.05, 0.1) is 17.3 Å². The lowest BCUT2D eigenvalue weighted by molar-refractivity contribution is -0.137. The molecule has 6 nitrogen and oxygen atoms in total. The topological polar surface area (TPSA) is 72.2 Å². The Kier molecular flexibility index (Phi) is 4.99. The maximum atomic E-state index is 12.5. The summed E-state index contributed by atoms with van der Waals surface area (Å²) >= 11 is 0. The number of aromatic nitrogens is 3. The molecule has 1 unspecified atom stereocenters. The van der Waals surface area contributed by atoms with Crippen molar-refractivity contribution in [3.63, 3.8) is 0 Å². The van der Waals surface area contributed by atoms with Crippen LogP contribution in [0.1, 0.15) is 5.56 Å². The lowest BCUT2D eigenvalue weighted by Crippen LogP contribution is -2.27. The van der Waals surface area contributed by atoms with Gasteiger partial charge in [-0.15, -0.1) is 0 Å². The largest absolute Gasteiger partial charge is 0.491 e. The number of rotatable bonds is 6. The standard InChI is InChI=1S/C17H17F3N4O2/c1-24-15-6-7-21-9-14(15)23-16(24)22-8-12(25)10-26-13-4-2-11(3-5-13)17(18,19)20/h2-7,9,12,25H,8,10H2,1H3,(H,22,23). The third kappa shape index (κ3) is 4.05. The summed E-state index contributed by atoms with van der Waals surface area (Å²) in [4.78, 5) is 8.37. The predicted molar refractivity (Wildman–Crippen MR) is 89.9 cm³/mol. The summed E-state index contributed by atoms with van der Waals surface area (Å²) in [6, 6.07) is 6.15. The summed E-state index contributed by atoms with van der Waals surface area (Å²) in [7, 11) is 1.84. The zero-order valence-corrected chi connectivity index (χ0v) is 13.9. The number of aryl methyl sites for hydroxylation is 1. The highest BCUT2D eigenvalue weighted by Gasteiger charge is 2.30. The average molecular weight is 366 g/mol. The molecule has 2 heterocycles. The van der Waals surface area contributed by atoms with Gasteiger partial charge in [-0.05, 0) is 30.3 Å². The number of hydrogen-bond donors (Lipinski definition) is 2. The number of imidazole rings is 1. The minimum atomic E-state index is -4.39. The Balaban J connectivity index is 1.52. The highest BCUT2D eigenvalue weighted by Crippen LogP contribution is 2.30. The number of aliphatic hydroxyl groups is 1. The second kappa shape index (κ2) is 7.20. The molecule has 1 aromatic carbocycles. The van der Waals surface area contributed by atoms with Crippen molar-refractivity contribution in [3.8, 4) is 5.75 Å². The first-order valence-corrected chi connectivity index (χ1v) is 7.83. The van der Waals surface area contributed by atoms with Crippen LogP contribution in [0, 0.1) is 0 Å². The van der Waals surface area contributed by atoms with Crippen LogP contribution in [-0.4, -0.2) is 38.9 Å². The van der Waals surface area contributed by atoms with E-state index in [1.807, 2.05) is 17.7 Å². The highest BCUT2D eigenvalue weighted by molar-refractivity contribution is 5.77. The van der Waals surface area contributed by atoms with E-state index >= 15 is 0 Å². The van der Waals surface area contributed by atoms with E-state index in [9.17, 15) is 18.3 Å². The quantitative estimate of drug-likeness (QED) is 0.702. The van der Waals surface area contributed by atoms with Gasteiger partial charge in [-0.3, -0.25) is 4.98 Å². The molecule has 0 aliphatic heterocycles. The van der Waals surface area contributed by atoms with Crippen LogP contribution in [0.25, 0.3) is 11.0 Å². The monoisotopic (exact) mass is 366 g/mol. The second-order valence-corrected chi connectivity index (χ2v) is 5.73. The molecule has 2 aromatic heterocycles. The van der Waals surface area contributed by atoms with Crippen molar-refractivity contribution >= 4 is 17.0 Å². The van der Waals surface area contributed by atoms with Gasteiger partial charge in [0.2, 0.25) is 5.95 Å². The van der Waals surface area contributed by atoms with E-state index < -0.39 is 17.8 Å². The van der Waals surface area contributed by atoms with Gasteiger partial charge in [0.1, 0.15) is 24.0 Å². The van der Waals surface area contributed by atoms with E-state index in [1.54, 1.807) is 12.4 Å². The van der Waals surface area contributed by atoms with Crippen molar-refractivity contribution in [3.05, 3.63) is 48.3 Å². The maximum absolute atomic E-state index is 12.5. The first kappa shape index (κ1) is 18.0. The zero-order valence-electron chi connectivity index (χ0n) is 13.9. The molecule has 1 atom stereocenters. The number of pyridine rings is 1. The highest BCUT2D eigenvalue weighted by atomic mass is 19.4. The van der Waals surface area contributed by atoms with Crippen molar-refractivity contribution in [2.45, 2.75) is 12.3 Å². The van der Waals surface area contributed by atoms with Crippen LogP contribution >= 0.6 is 0 Å². The Morgan fingerprint density at radius 1 is 1.23 bits per heavy atom. The molecule has 26 heavy (non-hydrogen) atoms. The number of halogens is 3. The van der Waals surface area contributed by atoms with Gasteiger partial charge in [-0.1, -0.05) is 0 Å². The molecule has 0 bridgehead atoms. The second-order valence-electron chi connectivity index (χ2n) is 5.73. The molecule has 0 radical (unpaired) electrons. The zero-order chi connectivity index (χ0) is 18.7. The number of benzene rings is 1. The molecule has 0 aliphatic carbocycles. The van der Waals surface area contributed by atoms with E-state index in [0.717, 1.165) is 23.2 Å². The van der Waals surface area contributed by atoms with Crippen LogP contribution in [0.3, 0.4) is 0 Å². The third-order valence-corrected chi connectivity index (χ3v) is 3.80. The Bertz CT molecular complexity index is 878. The number of nitrogens with zero attached hydrogens (tertiary/aromatic N) is 3. The summed E-state index contributed by atoms with van der Waals surface area (Å²) < 4.78 is 44.7. The fraction of sp³-hybridized carbons (Fsp3) is 0.294. The molecule has 0 fully saturated rings. The Labute approximate surface area is 147 Å². The predicted octanol–water partition coefficient (Wildman–Crippen LogP) is 2.84. The van der Waals surface area contributed by atoms with Gasteiger partial charge in [0, 0.05) is 19.8 Å². The normalized spacial score (nSPS) is 13.0. The molecule has 138 valence electrons. The SMILES string of the molecule is Cn1c(NCC(O)COc2ccc(C(F)(F)F)cc2)nc2cnccc21. The molecular weight excluding hydrogens is 349 g/mol. The Morgan fingerprint density at radius 2 is 1.96 bits per heavy atom. The van der Waals surface area contributed by atoms with E-state index in [-0.39, 0.29) is 18.9 Å². The number of aliphatic hydroxyl groups excluding tert-OH is 1. The van der Waals surface area contributed by atoms with E-state index in [2.05, 4.69) is 15.3 Å². The summed E-state index contributed by atoms with van der Waals surface area (Å²) in [5.41, 5.74) is 0.884. The summed E-state index contributed by atoms with van der Waals surface area (Å²) in [6.45, 7) is 0.106. The van der Waals surface area contributed by atoms with E-state index in [4.69, 9.17) is 4.74 Å². The first-order chi connectivity index (χ1) is 12.3. The molecule has 2 N–H and O–H groups in total. The van der Waals surface area contributed by atoms with Crippen molar-refractivity contribution in [2.24, 2.45) is 7.05 Å². The van der Waals surface area contributed by atoms with Crippen LogP contribution in [0.4, 0.5) is 19.1 Å². The fourth-order valence-corrected chi connectivity index (χ4v) is 2.41.